The van der Waals surface area contributed by atoms with E-state index in [-0.39, 0.29) is 5.41 Å². The highest BCUT2D eigenvalue weighted by Gasteiger charge is 2.21. The van der Waals surface area contributed by atoms with Crippen LogP contribution in [0.5, 0.6) is 0 Å². The van der Waals surface area contributed by atoms with Crippen LogP contribution in [0, 0.1) is 6.92 Å². The highest BCUT2D eigenvalue weighted by Crippen LogP contribution is 2.46. The van der Waals surface area contributed by atoms with Gasteiger partial charge in [0, 0.05) is 35.2 Å². The molecule has 240 valence electrons. The molecule has 0 radical (unpaired) electrons. The molecule has 0 N–H and O–H groups in total. The minimum Gasteiger partial charge on any atom is -0.308 e. The molecule has 0 saturated heterocycles. The first-order chi connectivity index (χ1) is 24.3. The molecule has 3 heterocycles. The quantitative estimate of drug-likeness (QED) is 0.179. The highest BCUT2D eigenvalue weighted by atomic mass is 15.0. The van der Waals surface area contributed by atoms with Crippen LogP contribution in [-0.4, -0.2) is 14.5 Å². The summed E-state index contributed by atoms with van der Waals surface area (Å²) in [6.45, 7) is 9.00. The van der Waals surface area contributed by atoms with Gasteiger partial charge in [0.1, 0.15) is 0 Å². The van der Waals surface area contributed by atoms with Gasteiger partial charge in [-0.1, -0.05) is 111 Å². The van der Waals surface area contributed by atoms with E-state index in [1.54, 1.807) is 0 Å². The Kier molecular flexibility index (Phi) is 6.92. The third-order valence-electron chi connectivity index (χ3n) is 10.1. The van der Waals surface area contributed by atoms with E-state index in [2.05, 4.69) is 159 Å². The second kappa shape index (κ2) is 11.5. The lowest BCUT2D eigenvalue weighted by Gasteiger charge is -2.22. The van der Waals surface area contributed by atoms with Crippen molar-refractivity contribution in [1.29, 1.82) is 0 Å². The van der Waals surface area contributed by atoms with Crippen molar-refractivity contribution < 1.29 is 0 Å². The van der Waals surface area contributed by atoms with Crippen LogP contribution >= 0.6 is 0 Å². The number of fused-ring (bicyclic) bond motifs is 5. The average Bonchev–Trinajstić information content (AvgIpc) is 3.47. The summed E-state index contributed by atoms with van der Waals surface area (Å²) in [4.78, 5) is 9.39. The predicted molar refractivity (Wildman–Crippen MR) is 211 cm³/mol. The lowest BCUT2D eigenvalue weighted by atomic mass is 9.82. The highest BCUT2D eigenvalue weighted by molar-refractivity contribution is 6.21. The predicted octanol–water partition coefficient (Wildman–Crippen LogP) is 12.5. The Bertz CT molecular complexity index is 2690. The van der Waals surface area contributed by atoms with Crippen molar-refractivity contribution in [3.05, 3.63) is 163 Å². The standard InChI is InChI=1S/C47H37N3/c1-30-20-21-42-41(24-30)46-43(19-11-23-49-46)50(42)36-27-33(32-13-10-22-48-29-32)25-34(28-36)45-39-17-7-5-15-37(39)44(38-16-6-8-18-40(38)45)31-12-9-14-35(26-31)47(2,3)4/h5-29H,1-4H3. The molecule has 3 heteroatoms. The molecule has 0 spiro atoms. The van der Waals surface area contributed by atoms with Crippen molar-refractivity contribution in [3.8, 4) is 39.1 Å². The Morgan fingerprint density at radius 2 is 1.16 bits per heavy atom. The number of nitrogens with zero attached hydrogens (tertiary/aromatic N) is 3. The molecule has 9 rings (SSSR count). The van der Waals surface area contributed by atoms with Gasteiger partial charge in [0.05, 0.1) is 16.6 Å². The van der Waals surface area contributed by atoms with E-state index in [9.17, 15) is 0 Å². The summed E-state index contributed by atoms with van der Waals surface area (Å²) in [5.41, 5.74) is 14.0. The van der Waals surface area contributed by atoms with Gasteiger partial charge < -0.3 is 4.57 Å². The summed E-state index contributed by atoms with van der Waals surface area (Å²) >= 11 is 0. The van der Waals surface area contributed by atoms with Crippen LogP contribution in [0.15, 0.2) is 152 Å². The molecule has 3 aromatic heterocycles. The van der Waals surface area contributed by atoms with Crippen molar-refractivity contribution in [3.63, 3.8) is 0 Å². The van der Waals surface area contributed by atoms with E-state index < -0.39 is 0 Å². The molecule has 6 aromatic carbocycles. The van der Waals surface area contributed by atoms with Gasteiger partial charge in [-0.05, 0) is 116 Å². The summed E-state index contributed by atoms with van der Waals surface area (Å²) in [6.07, 6.45) is 5.69. The van der Waals surface area contributed by atoms with Gasteiger partial charge in [-0.3, -0.25) is 9.97 Å². The van der Waals surface area contributed by atoms with Gasteiger partial charge in [-0.15, -0.1) is 0 Å². The zero-order valence-electron chi connectivity index (χ0n) is 28.8. The van der Waals surface area contributed by atoms with E-state index in [1.807, 2.05) is 30.7 Å². The minimum absolute atomic E-state index is 0.0473. The van der Waals surface area contributed by atoms with Gasteiger partial charge in [0.15, 0.2) is 0 Å². The Hall–Kier alpha value is -6.06. The molecule has 0 aliphatic rings. The van der Waals surface area contributed by atoms with Gasteiger partial charge in [-0.25, -0.2) is 0 Å². The van der Waals surface area contributed by atoms with E-state index in [4.69, 9.17) is 4.98 Å². The molecule has 0 saturated carbocycles. The number of aryl methyl sites for hydroxylation is 1. The summed E-state index contributed by atoms with van der Waals surface area (Å²) in [6, 6.07) is 49.0. The summed E-state index contributed by atoms with van der Waals surface area (Å²) in [5, 5.41) is 6.12. The molecule has 0 atom stereocenters. The van der Waals surface area contributed by atoms with Crippen LogP contribution < -0.4 is 0 Å². The molecule has 50 heavy (non-hydrogen) atoms. The lowest BCUT2D eigenvalue weighted by Crippen LogP contribution is -2.10. The van der Waals surface area contributed by atoms with Crippen LogP contribution in [0.1, 0.15) is 31.9 Å². The lowest BCUT2D eigenvalue weighted by molar-refractivity contribution is 0.590. The van der Waals surface area contributed by atoms with Crippen LogP contribution in [0.4, 0.5) is 0 Å². The SMILES string of the molecule is Cc1ccc2c(c1)c1ncccc1n2-c1cc(-c2cccnc2)cc(-c2c3ccccc3c(-c3cccc(C(C)(C)C)c3)c3ccccc23)c1. The molecule has 0 amide bonds. The first kappa shape index (κ1) is 30.0. The van der Waals surface area contributed by atoms with Gasteiger partial charge in [0.2, 0.25) is 0 Å². The first-order valence-corrected chi connectivity index (χ1v) is 17.3. The van der Waals surface area contributed by atoms with Crippen molar-refractivity contribution >= 4 is 43.5 Å². The largest absolute Gasteiger partial charge is 0.308 e. The summed E-state index contributed by atoms with van der Waals surface area (Å²) in [5.74, 6) is 0. The summed E-state index contributed by atoms with van der Waals surface area (Å²) < 4.78 is 2.37. The van der Waals surface area contributed by atoms with Gasteiger partial charge >= 0.3 is 0 Å². The number of aromatic nitrogens is 3. The van der Waals surface area contributed by atoms with E-state index in [0.29, 0.717) is 0 Å². The normalized spacial score (nSPS) is 12.0. The third-order valence-corrected chi connectivity index (χ3v) is 10.1. The Balaban J connectivity index is 1.39. The van der Waals surface area contributed by atoms with E-state index in [0.717, 1.165) is 44.3 Å². The van der Waals surface area contributed by atoms with Crippen LogP contribution in [0.25, 0.3) is 82.5 Å². The maximum absolute atomic E-state index is 4.87. The molecule has 3 nitrogen and oxygen atoms in total. The summed E-state index contributed by atoms with van der Waals surface area (Å²) in [7, 11) is 0. The molecule has 0 aliphatic carbocycles. The number of pyridine rings is 2. The van der Waals surface area contributed by atoms with Gasteiger partial charge in [0.25, 0.3) is 0 Å². The van der Waals surface area contributed by atoms with Crippen molar-refractivity contribution in [2.75, 3.05) is 0 Å². The van der Waals surface area contributed by atoms with E-state index in [1.165, 1.54) is 49.4 Å². The second-order valence-electron chi connectivity index (χ2n) is 14.4. The Morgan fingerprint density at radius 3 is 1.84 bits per heavy atom. The third kappa shape index (κ3) is 4.89. The number of hydrogen-bond acceptors (Lipinski definition) is 2. The molecule has 9 aromatic rings. The molecular formula is C47H37N3. The molecule has 0 unspecified atom stereocenters. The van der Waals surface area contributed by atoms with Crippen LogP contribution in [0.2, 0.25) is 0 Å². The number of benzene rings is 6. The molecule has 0 bridgehead atoms. The topological polar surface area (TPSA) is 30.7 Å². The number of rotatable bonds is 4. The average molecular weight is 644 g/mol. The van der Waals surface area contributed by atoms with Crippen LogP contribution in [0.3, 0.4) is 0 Å². The smallest absolute Gasteiger partial charge is 0.0963 e. The fraction of sp³-hybridized carbons (Fsp3) is 0.106. The zero-order valence-corrected chi connectivity index (χ0v) is 28.8. The first-order valence-electron chi connectivity index (χ1n) is 17.3. The molecular weight excluding hydrogens is 607 g/mol. The second-order valence-corrected chi connectivity index (χ2v) is 14.4. The monoisotopic (exact) mass is 643 g/mol. The maximum Gasteiger partial charge on any atom is 0.0963 e. The van der Waals surface area contributed by atoms with E-state index >= 15 is 0 Å². The fourth-order valence-electron chi connectivity index (χ4n) is 7.70. The Labute approximate surface area is 292 Å². The fourth-order valence-corrected chi connectivity index (χ4v) is 7.70. The van der Waals surface area contributed by atoms with Crippen molar-refractivity contribution in [2.45, 2.75) is 33.1 Å². The van der Waals surface area contributed by atoms with Crippen molar-refractivity contribution in [1.82, 2.24) is 14.5 Å². The van der Waals surface area contributed by atoms with Crippen LogP contribution in [-0.2, 0) is 5.41 Å². The molecule has 0 aliphatic heterocycles. The Morgan fingerprint density at radius 1 is 0.500 bits per heavy atom. The molecule has 0 fully saturated rings. The number of hydrogen-bond donors (Lipinski definition) is 0. The maximum atomic E-state index is 4.87. The van der Waals surface area contributed by atoms with Gasteiger partial charge in [-0.2, -0.15) is 0 Å². The van der Waals surface area contributed by atoms with Crippen molar-refractivity contribution in [2.24, 2.45) is 0 Å². The zero-order chi connectivity index (χ0) is 34.0. The minimum atomic E-state index is 0.0473.